The zero-order valence-electron chi connectivity index (χ0n) is 21.3. The third-order valence-electron chi connectivity index (χ3n) is 10.3. The molecule has 180 valence electrons. The van der Waals surface area contributed by atoms with Gasteiger partial charge in [-0.25, -0.2) is 0 Å². The molecular formula is C30H50OSi. The summed E-state index contributed by atoms with van der Waals surface area (Å²) in [6, 6.07) is 9.59. The summed E-state index contributed by atoms with van der Waals surface area (Å²) in [5.74, 6) is 5.25. The molecule has 0 saturated heterocycles. The van der Waals surface area contributed by atoms with Crippen LogP contribution in [0.1, 0.15) is 108 Å². The van der Waals surface area contributed by atoms with Crippen LogP contribution in [-0.2, 0) is 0 Å². The van der Waals surface area contributed by atoms with E-state index in [1.165, 1.54) is 69.8 Å². The lowest BCUT2D eigenvalue weighted by Crippen LogP contribution is -2.36. The predicted octanol–water partition coefficient (Wildman–Crippen LogP) is 9.54. The molecular weight excluding hydrogens is 404 g/mol. The minimum absolute atomic E-state index is 0.398. The molecule has 1 nitrogen and oxygen atoms in total. The van der Waals surface area contributed by atoms with Gasteiger partial charge < -0.3 is 5.11 Å². The number of hydrogen-bond donors (Lipinski definition) is 1. The Morgan fingerprint density at radius 3 is 1.59 bits per heavy atom. The number of hydrogen-bond acceptors (Lipinski definition) is 1. The van der Waals surface area contributed by atoms with Crippen molar-refractivity contribution < 1.29 is 5.11 Å². The Balaban J connectivity index is 1.18. The number of phenolic OH excluding ortho intramolecular Hbond substituents is 1. The summed E-state index contributed by atoms with van der Waals surface area (Å²) >= 11 is 0. The van der Waals surface area contributed by atoms with Crippen LogP contribution in [-0.4, -0.2) is 13.2 Å². The normalized spacial score (nSPS) is 34.3. The summed E-state index contributed by atoms with van der Waals surface area (Å²) in [5.41, 5.74) is 2.56. The van der Waals surface area contributed by atoms with Crippen molar-refractivity contribution >= 4 is 8.07 Å². The van der Waals surface area contributed by atoms with Crippen LogP contribution in [0.5, 0.6) is 5.75 Å². The fourth-order valence-corrected chi connectivity index (χ4v) is 11.5. The average Bonchev–Trinajstić information content (AvgIpc) is 2.84. The molecule has 1 aromatic carbocycles. The molecule has 3 saturated carbocycles. The minimum atomic E-state index is -0.982. The summed E-state index contributed by atoms with van der Waals surface area (Å²) in [6.45, 7) is 7.74. The van der Waals surface area contributed by atoms with E-state index in [-0.39, 0.29) is 0 Å². The second kappa shape index (κ2) is 11.1. The van der Waals surface area contributed by atoms with E-state index in [9.17, 15) is 5.11 Å². The number of rotatable bonds is 7. The number of phenols is 1. The van der Waals surface area contributed by atoms with Crippen LogP contribution in [0, 0.1) is 23.7 Å². The maximum Gasteiger partial charge on any atom is 0.115 e. The largest absolute Gasteiger partial charge is 0.508 e. The first-order valence-corrected chi connectivity index (χ1v) is 17.5. The first kappa shape index (κ1) is 24.4. The van der Waals surface area contributed by atoms with Gasteiger partial charge in [0.2, 0.25) is 0 Å². The third-order valence-corrected chi connectivity index (χ3v) is 14.8. The van der Waals surface area contributed by atoms with E-state index >= 15 is 0 Å². The van der Waals surface area contributed by atoms with Crippen molar-refractivity contribution in [3.8, 4) is 5.75 Å². The van der Waals surface area contributed by atoms with E-state index in [2.05, 4.69) is 32.2 Å². The summed E-state index contributed by atoms with van der Waals surface area (Å²) < 4.78 is 0. The number of unbranched alkanes of at least 4 members (excludes halogenated alkanes) is 1. The predicted molar refractivity (Wildman–Crippen MR) is 141 cm³/mol. The van der Waals surface area contributed by atoms with Crippen molar-refractivity contribution in [3.63, 3.8) is 0 Å². The molecule has 0 amide bonds. The zero-order valence-corrected chi connectivity index (χ0v) is 22.3. The third kappa shape index (κ3) is 6.02. The molecule has 3 aliphatic carbocycles. The van der Waals surface area contributed by atoms with Crippen molar-refractivity contribution in [3.05, 3.63) is 29.8 Å². The van der Waals surface area contributed by atoms with Crippen molar-refractivity contribution in [1.29, 1.82) is 0 Å². The second-order valence-corrected chi connectivity index (χ2v) is 17.9. The minimum Gasteiger partial charge on any atom is -0.508 e. The van der Waals surface area contributed by atoms with E-state index in [1.54, 1.807) is 31.7 Å². The summed E-state index contributed by atoms with van der Waals surface area (Å²) in [4.78, 5) is 0. The highest BCUT2D eigenvalue weighted by atomic mass is 28.3. The van der Waals surface area contributed by atoms with E-state index in [0.29, 0.717) is 5.75 Å². The zero-order chi connectivity index (χ0) is 22.6. The molecule has 0 bridgehead atoms. The first-order chi connectivity index (χ1) is 15.5. The Bertz CT molecular complexity index is 671. The second-order valence-electron chi connectivity index (χ2n) is 12.6. The van der Waals surface area contributed by atoms with Crippen LogP contribution < -0.4 is 0 Å². The van der Waals surface area contributed by atoms with Crippen LogP contribution in [0.25, 0.3) is 0 Å². The molecule has 4 rings (SSSR count). The van der Waals surface area contributed by atoms with Crippen LogP contribution in [0.2, 0.25) is 24.7 Å². The molecule has 3 fully saturated rings. The molecule has 32 heavy (non-hydrogen) atoms. The molecule has 0 unspecified atom stereocenters. The highest BCUT2D eigenvalue weighted by Crippen LogP contribution is 2.49. The van der Waals surface area contributed by atoms with Gasteiger partial charge in [-0.05, 0) is 104 Å². The van der Waals surface area contributed by atoms with Gasteiger partial charge in [0.1, 0.15) is 5.75 Å². The summed E-state index contributed by atoms with van der Waals surface area (Å²) in [7, 11) is -0.982. The maximum absolute atomic E-state index is 9.56. The Hall–Kier alpha value is -0.763. The van der Waals surface area contributed by atoms with Gasteiger partial charge in [0.15, 0.2) is 0 Å². The quantitative estimate of drug-likeness (QED) is 0.406. The molecule has 3 aliphatic rings. The smallest absolute Gasteiger partial charge is 0.115 e. The highest BCUT2D eigenvalue weighted by molar-refractivity contribution is 6.78. The van der Waals surface area contributed by atoms with Gasteiger partial charge >= 0.3 is 0 Å². The van der Waals surface area contributed by atoms with E-state index in [4.69, 9.17) is 0 Å². The van der Waals surface area contributed by atoms with Gasteiger partial charge in [0, 0.05) is 0 Å². The summed E-state index contributed by atoms with van der Waals surface area (Å²) in [6.07, 6.45) is 20.8. The molecule has 0 radical (unpaired) electrons. The lowest BCUT2D eigenvalue weighted by atomic mass is 9.65. The molecule has 0 spiro atoms. The van der Waals surface area contributed by atoms with Crippen LogP contribution in [0.4, 0.5) is 0 Å². The maximum atomic E-state index is 9.56. The topological polar surface area (TPSA) is 20.2 Å². The van der Waals surface area contributed by atoms with E-state index in [0.717, 1.165) is 35.1 Å². The Morgan fingerprint density at radius 1 is 0.688 bits per heavy atom. The van der Waals surface area contributed by atoms with Crippen LogP contribution in [0.15, 0.2) is 24.3 Å². The van der Waals surface area contributed by atoms with Gasteiger partial charge in [-0.1, -0.05) is 76.7 Å². The molecule has 1 aromatic rings. The van der Waals surface area contributed by atoms with Gasteiger partial charge in [-0.2, -0.15) is 0 Å². The molecule has 0 aromatic heterocycles. The highest BCUT2D eigenvalue weighted by Gasteiger charge is 2.38. The fourth-order valence-electron chi connectivity index (χ4n) is 7.97. The van der Waals surface area contributed by atoms with Crippen LogP contribution >= 0.6 is 0 Å². The monoisotopic (exact) mass is 454 g/mol. The molecule has 1 N–H and O–H groups in total. The summed E-state index contributed by atoms with van der Waals surface area (Å²) in [5, 5.41) is 9.56. The van der Waals surface area contributed by atoms with Crippen molar-refractivity contribution in [2.45, 2.75) is 127 Å². The Labute approximate surface area is 199 Å². The van der Waals surface area contributed by atoms with Crippen molar-refractivity contribution in [2.75, 3.05) is 0 Å². The molecule has 0 atom stereocenters. The molecule has 0 heterocycles. The van der Waals surface area contributed by atoms with Gasteiger partial charge in [0.05, 0.1) is 8.07 Å². The standard InChI is InChI=1S/C30H50OSi/c1-4-5-22-32(2,3)30-20-16-28(17-21-30)26-12-8-24(9-13-26)23-6-10-25(11-7-23)27-14-18-29(31)19-15-27/h14-15,18-19,23-26,28,30-31H,4-13,16-17,20-22H2,1-3H3. The van der Waals surface area contributed by atoms with E-state index in [1.807, 2.05) is 12.1 Å². The average molecular weight is 455 g/mol. The van der Waals surface area contributed by atoms with Gasteiger partial charge in [-0.3, -0.25) is 0 Å². The van der Waals surface area contributed by atoms with Gasteiger partial charge in [-0.15, -0.1) is 0 Å². The Morgan fingerprint density at radius 2 is 1.12 bits per heavy atom. The SMILES string of the molecule is CCCC[Si](C)(C)C1CCC(C2CCC(C3CCC(c4ccc(O)cc4)CC3)CC2)CC1. The van der Waals surface area contributed by atoms with Crippen molar-refractivity contribution in [1.82, 2.24) is 0 Å². The Kier molecular flexibility index (Phi) is 8.46. The lowest BCUT2D eigenvalue weighted by molar-refractivity contribution is 0.119. The van der Waals surface area contributed by atoms with Crippen LogP contribution in [0.3, 0.4) is 0 Å². The number of aromatic hydroxyl groups is 1. The fraction of sp³-hybridized carbons (Fsp3) is 0.800. The van der Waals surface area contributed by atoms with Gasteiger partial charge in [0.25, 0.3) is 0 Å². The molecule has 2 heteroatoms. The number of benzene rings is 1. The van der Waals surface area contributed by atoms with E-state index < -0.39 is 8.07 Å². The molecule has 0 aliphatic heterocycles. The lowest BCUT2D eigenvalue weighted by Gasteiger charge is -2.43. The van der Waals surface area contributed by atoms with Crippen molar-refractivity contribution in [2.24, 2.45) is 23.7 Å². The first-order valence-electron chi connectivity index (χ1n) is 14.2.